The third-order valence-corrected chi connectivity index (χ3v) is 8.16. The van der Waals surface area contributed by atoms with Gasteiger partial charge in [0.15, 0.2) is 11.6 Å². The van der Waals surface area contributed by atoms with Gasteiger partial charge in [0.25, 0.3) is 0 Å². The molecule has 2 aliphatic rings. The fourth-order valence-electron chi connectivity index (χ4n) is 6.03. The molecule has 11 heteroatoms. The average molecular weight is 557 g/mol. The van der Waals surface area contributed by atoms with E-state index >= 15 is 0 Å². The zero-order valence-corrected chi connectivity index (χ0v) is 23.0. The smallest absolute Gasteiger partial charge is 0.406 e. The first-order valence-corrected chi connectivity index (χ1v) is 14.0. The van der Waals surface area contributed by atoms with Gasteiger partial charge in [-0.1, -0.05) is 12.1 Å². The molecule has 2 fully saturated rings. The number of nitrogens with zero attached hydrogens (tertiary/aromatic N) is 1. The Balaban J connectivity index is 1.71. The molecule has 3 rings (SSSR count). The standard InChI is InChI=1S/C28H43F3N4O4/c1-32-17-22(16-19-9-11-21(29)12-10-19)34-26(36)35-15-4-6-20(18-35)28(38,13-5-14-33-27(37)39-2)23-7-3-8-24(30)25(23)31/h3,7-8,19-22,32,38H,4-6,9-18H2,1-2H3,(H,33,37)(H,34,36)/t19?,20-,21?,22+,28+/m1/s1. The summed E-state index contributed by atoms with van der Waals surface area (Å²) in [6, 6.07) is 3.33. The maximum atomic E-state index is 15.0. The van der Waals surface area contributed by atoms with E-state index in [0.29, 0.717) is 44.7 Å². The molecule has 8 nitrogen and oxygen atoms in total. The van der Waals surface area contributed by atoms with Gasteiger partial charge in [0.2, 0.25) is 0 Å². The van der Waals surface area contributed by atoms with E-state index in [2.05, 4.69) is 20.7 Å². The number of alkyl halides is 1. The fraction of sp³-hybridized carbons (Fsp3) is 0.714. The van der Waals surface area contributed by atoms with E-state index in [9.17, 15) is 27.9 Å². The van der Waals surface area contributed by atoms with E-state index in [0.717, 1.165) is 25.3 Å². The first-order chi connectivity index (χ1) is 18.7. The van der Waals surface area contributed by atoms with Crippen LogP contribution in [0.3, 0.4) is 0 Å². The van der Waals surface area contributed by atoms with Gasteiger partial charge in [0.1, 0.15) is 6.17 Å². The molecule has 4 N–H and O–H groups in total. The van der Waals surface area contributed by atoms with Crippen LogP contribution in [0.25, 0.3) is 0 Å². The number of hydrogen-bond donors (Lipinski definition) is 4. The SMILES string of the molecule is CNC[C@H](CC1CCC(F)CC1)NC(=O)N1CCC[C@@H]([C@@](O)(CCCNC(=O)OC)c2cccc(F)c2F)C1. The lowest BCUT2D eigenvalue weighted by Gasteiger charge is -2.43. The molecule has 0 aromatic heterocycles. The van der Waals surface area contributed by atoms with Gasteiger partial charge in [-0.25, -0.2) is 22.8 Å². The van der Waals surface area contributed by atoms with E-state index in [4.69, 9.17) is 0 Å². The highest BCUT2D eigenvalue weighted by Crippen LogP contribution is 2.41. The first kappa shape index (κ1) is 31.0. The zero-order chi connectivity index (χ0) is 28.4. The van der Waals surface area contributed by atoms with Crippen molar-refractivity contribution in [3.05, 3.63) is 35.4 Å². The lowest BCUT2D eigenvalue weighted by Crippen LogP contribution is -2.54. The Labute approximate surface area is 229 Å². The van der Waals surface area contributed by atoms with Crippen LogP contribution in [0.2, 0.25) is 0 Å². The number of carbonyl (C=O) groups is 2. The van der Waals surface area contributed by atoms with Crippen molar-refractivity contribution >= 4 is 12.1 Å². The lowest BCUT2D eigenvalue weighted by atomic mass is 9.74. The van der Waals surface area contributed by atoms with Gasteiger partial charge < -0.3 is 30.7 Å². The highest BCUT2D eigenvalue weighted by atomic mass is 19.2. The minimum absolute atomic E-state index is 0.0527. The molecule has 1 aromatic rings. The minimum Gasteiger partial charge on any atom is -0.453 e. The number of carbonyl (C=O) groups excluding carboxylic acids is 2. The maximum Gasteiger partial charge on any atom is 0.406 e. The molecule has 1 aliphatic heterocycles. The number of amides is 3. The molecule has 220 valence electrons. The first-order valence-electron chi connectivity index (χ1n) is 14.0. The summed E-state index contributed by atoms with van der Waals surface area (Å²) in [5.74, 6) is -2.36. The molecule has 39 heavy (non-hydrogen) atoms. The van der Waals surface area contributed by atoms with Gasteiger partial charge in [-0.2, -0.15) is 0 Å². The van der Waals surface area contributed by atoms with E-state index in [1.807, 2.05) is 7.05 Å². The van der Waals surface area contributed by atoms with Crippen LogP contribution in [-0.2, 0) is 10.3 Å². The summed E-state index contributed by atoms with van der Waals surface area (Å²) < 4.78 is 47.3. The number of nitrogens with one attached hydrogen (secondary N) is 3. The normalized spacial score (nSPS) is 23.9. The zero-order valence-electron chi connectivity index (χ0n) is 23.0. The Bertz CT molecular complexity index is 947. The number of rotatable bonds is 11. The molecule has 1 saturated heterocycles. The molecule has 1 aromatic carbocycles. The molecule has 0 unspecified atom stereocenters. The summed E-state index contributed by atoms with van der Waals surface area (Å²) in [5.41, 5.74) is -1.90. The number of halogens is 3. The topological polar surface area (TPSA) is 103 Å². The lowest BCUT2D eigenvalue weighted by molar-refractivity contribution is -0.0580. The quantitative estimate of drug-likeness (QED) is 0.306. The van der Waals surface area contributed by atoms with Crippen molar-refractivity contribution in [2.45, 2.75) is 75.6 Å². The second-order valence-electron chi connectivity index (χ2n) is 10.9. The number of likely N-dealkylation sites (N-methyl/N-ethyl adjacent to an activating group) is 1. The van der Waals surface area contributed by atoms with Crippen LogP contribution < -0.4 is 16.0 Å². The Kier molecular flexibility index (Phi) is 11.7. The summed E-state index contributed by atoms with van der Waals surface area (Å²) in [7, 11) is 3.06. The number of alkyl carbamates (subject to hydrolysis) is 1. The maximum absolute atomic E-state index is 15.0. The van der Waals surface area contributed by atoms with Crippen molar-refractivity contribution in [3.8, 4) is 0 Å². The number of hydrogen-bond acceptors (Lipinski definition) is 5. The predicted octanol–water partition coefficient (Wildman–Crippen LogP) is 4.22. The van der Waals surface area contributed by atoms with Crippen molar-refractivity contribution in [1.29, 1.82) is 0 Å². The van der Waals surface area contributed by atoms with Gasteiger partial charge in [0.05, 0.1) is 12.7 Å². The average Bonchev–Trinajstić information content (AvgIpc) is 2.93. The number of urea groups is 1. The molecular weight excluding hydrogens is 513 g/mol. The Morgan fingerprint density at radius 3 is 2.64 bits per heavy atom. The monoisotopic (exact) mass is 556 g/mol. The molecule has 0 bridgehead atoms. The van der Waals surface area contributed by atoms with Crippen LogP contribution in [0.5, 0.6) is 0 Å². The summed E-state index contributed by atoms with van der Waals surface area (Å²) in [6.45, 7) is 1.40. The van der Waals surface area contributed by atoms with Crippen molar-refractivity contribution in [2.24, 2.45) is 11.8 Å². The Morgan fingerprint density at radius 1 is 1.21 bits per heavy atom. The van der Waals surface area contributed by atoms with Crippen LogP contribution >= 0.6 is 0 Å². The highest BCUT2D eigenvalue weighted by molar-refractivity contribution is 5.74. The summed E-state index contributed by atoms with van der Waals surface area (Å²) in [4.78, 5) is 26.4. The number of methoxy groups -OCH3 is 1. The highest BCUT2D eigenvalue weighted by Gasteiger charge is 2.43. The number of ether oxygens (including phenoxy) is 1. The largest absolute Gasteiger partial charge is 0.453 e. The summed E-state index contributed by atoms with van der Waals surface area (Å²) >= 11 is 0. The van der Waals surface area contributed by atoms with Crippen LogP contribution in [0.4, 0.5) is 22.8 Å². The second kappa shape index (κ2) is 14.7. The van der Waals surface area contributed by atoms with Gasteiger partial charge in [-0.05, 0) is 76.8 Å². The van der Waals surface area contributed by atoms with E-state index in [-0.39, 0.29) is 43.6 Å². The summed E-state index contributed by atoms with van der Waals surface area (Å²) in [6.07, 6.45) is 3.58. The number of aliphatic hydroxyl groups is 1. The molecule has 0 radical (unpaired) electrons. The van der Waals surface area contributed by atoms with Crippen molar-refractivity contribution in [1.82, 2.24) is 20.9 Å². The molecule has 1 heterocycles. The summed E-state index contributed by atoms with van der Waals surface area (Å²) in [5, 5.41) is 20.7. The third-order valence-electron chi connectivity index (χ3n) is 8.16. The van der Waals surface area contributed by atoms with Gasteiger partial charge in [-0.15, -0.1) is 0 Å². The molecule has 1 saturated carbocycles. The Morgan fingerprint density at radius 2 is 1.95 bits per heavy atom. The van der Waals surface area contributed by atoms with E-state index < -0.39 is 35.4 Å². The van der Waals surface area contributed by atoms with Crippen LogP contribution in [0.15, 0.2) is 18.2 Å². The van der Waals surface area contributed by atoms with Crippen LogP contribution in [-0.4, -0.2) is 74.7 Å². The minimum atomic E-state index is -1.75. The number of likely N-dealkylation sites (tertiary alicyclic amines) is 1. The molecule has 3 atom stereocenters. The van der Waals surface area contributed by atoms with Gasteiger partial charge >= 0.3 is 12.1 Å². The second-order valence-corrected chi connectivity index (χ2v) is 10.9. The van der Waals surface area contributed by atoms with Crippen molar-refractivity contribution < 1.29 is 32.6 Å². The van der Waals surface area contributed by atoms with E-state index in [1.165, 1.54) is 19.2 Å². The fourth-order valence-corrected chi connectivity index (χ4v) is 6.03. The van der Waals surface area contributed by atoms with Crippen molar-refractivity contribution in [3.63, 3.8) is 0 Å². The Hall–Kier alpha value is -2.53. The van der Waals surface area contributed by atoms with Crippen molar-refractivity contribution in [2.75, 3.05) is 40.3 Å². The molecule has 1 aliphatic carbocycles. The molecule has 3 amide bonds. The third kappa shape index (κ3) is 8.48. The number of piperidine rings is 1. The van der Waals surface area contributed by atoms with Gasteiger partial charge in [-0.3, -0.25) is 0 Å². The molecular formula is C28H43F3N4O4. The van der Waals surface area contributed by atoms with Crippen LogP contribution in [0, 0.1) is 23.5 Å². The number of benzene rings is 1. The predicted molar refractivity (Wildman–Crippen MR) is 142 cm³/mol. The van der Waals surface area contributed by atoms with Gasteiger partial charge in [0, 0.05) is 43.7 Å². The van der Waals surface area contributed by atoms with E-state index in [1.54, 1.807) is 4.90 Å². The van der Waals surface area contributed by atoms with Crippen LogP contribution in [0.1, 0.15) is 63.4 Å². The molecule has 0 spiro atoms.